The molecule has 0 aliphatic heterocycles. The number of para-hydroxylation sites is 1. The number of hydrogen-bond donors (Lipinski definition) is 0. The van der Waals surface area contributed by atoms with Gasteiger partial charge in [0.05, 0.1) is 17.1 Å². The molecule has 0 aliphatic rings. The summed E-state index contributed by atoms with van der Waals surface area (Å²) in [6, 6.07) is 31.3. The molecule has 0 N–H and O–H groups in total. The number of aromatic nitrogens is 1. The van der Waals surface area contributed by atoms with E-state index in [4.69, 9.17) is 4.98 Å². The number of fused-ring (bicyclic) bond motifs is 1. The fraction of sp³-hybridized carbons (Fsp3) is 0.120. The molecule has 0 spiro atoms. The third kappa shape index (κ3) is 3.65. The zero-order valence-corrected chi connectivity index (χ0v) is 15.1. The minimum absolute atomic E-state index is 0.0404. The van der Waals surface area contributed by atoms with Gasteiger partial charge in [0.15, 0.2) is 0 Å². The molecule has 0 amide bonds. The number of nitrogens with zero attached hydrogens (tertiary/aromatic N) is 1. The first-order chi connectivity index (χ1) is 13.4. The SMILES string of the molecule is O=CCCc1cc2ccccc2nc1C(c1ccccc1)c1ccccc1. The molecule has 0 saturated carbocycles. The lowest BCUT2D eigenvalue weighted by atomic mass is 9.85. The molecule has 0 atom stereocenters. The predicted octanol–water partition coefficient (Wildman–Crippen LogP) is 5.55. The van der Waals surface area contributed by atoms with Crippen LogP contribution in [0.15, 0.2) is 91.0 Å². The summed E-state index contributed by atoms with van der Waals surface area (Å²) in [6.07, 6.45) is 2.19. The van der Waals surface area contributed by atoms with Crippen molar-refractivity contribution in [3.05, 3.63) is 113 Å². The van der Waals surface area contributed by atoms with E-state index in [0.29, 0.717) is 12.8 Å². The van der Waals surface area contributed by atoms with Gasteiger partial charge in [-0.1, -0.05) is 78.9 Å². The Balaban J connectivity index is 1.95. The predicted molar refractivity (Wildman–Crippen MR) is 110 cm³/mol. The summed E-state index contributed by atoms with van der Waals surface area (Å²) in [7, 11) is 0. The number of carbonyl (C=O) groups excluding carboxylic acids is 1. The number of carbonyl (C=O) groups is 1. The second-order valence-electron chi connectivity index (χ2n) is 6.69. The standard InChI is InChI=1S/C25H21NO/c27-17-9-15-22-18-21-14-7-8-16-23(21)26-25(22)24(19-10-3-1-4-11-19)20-12-5-2-6-13-20/h1-8,10-14,16-18,24H,9,15H2. The molecule has 0 aliphatic carbocycles. The number of aryl methyl sites for hydroxylation is 1. The number of aldehydes is 1. The summed E-state index contributed by atoms with van der Waals surface area (Å²) < 4.78 is 0. The summed E-state index contributed by atoms with van der Waals surface area (Å²) in [4.78, 5) is 16.1. The first kappa shape index (κ1) is 17.2. The van der Waals surface area contributed by atoms with E-state index in [0.717, 1.165) is 28.4 Å². The van der Waals surface area contributed by atoms with Crippen molar-refractivity contribution >= 4 is 17.2 Å². The molecule has 132 valence electrons. The topological polar surface area (TPSA) is 30.0 Å². The van der Waals surface area contributed by atoms with Crippen LogP contribution in [0.2, 0.25) is 0 Å². The van der Waals surface area contributed by atoms with Crippen molar-refractivity contribution in [2.75, 3.05) is 0 Å². The Morgan fingerprint density at radius 1 is 0.778 bits per heavy atom. The van der Waals surface area contributed by atoms with Crippen LogP contribution in [-0.2, 0) is 11.2 Å². The third-order valence-corrected chi connectivity index (χ3v) is 4.91. The minimum Gasteiger partial charge on any atom is -0.303 e. The zero-order valence-electron chi connectivity index (χ0n) is 15.1. The minimum atomic E-state index is 0.0404. The smallest absolute Gasteiger partial charge is 0.120 e. The molecule has 2 nitrogen and oxygen atoms in total. The monoisotopic (exact) mass is 351 g/mol. The Bertz CT molecular complexity index is 1000. The van der Waals surface area contributed by atoms with Crippen molar-refractivity contribution in [2.45, 2.75) is 18.8 Å². The molecule has 0 fully saturated rings. The van der Waals surface area contributed by atoms with Gasteiger partial charge in [0, 0.05) is 11.8 Å². The molecule has 1 aromatic heterocycles. The van der Waals surface area contributed by atoms with Crippen LogP contribution in [0.3, 0.4) is 0 Å². The Hall–Kier alpha value is -3.26. The Labute approximate surface area is 159 Å². The summed E-state index contributed by atoms with van der Waals surface area (Å²) in [5, 5.41) is 1.11. The van der Waals surface area contributed by atoms with E-state index in [2.05, 4.69) is 66.7 Å². The van der Waals surface area contributed by atoms with Crippen molar-refractivity contribution in [2.24, 2.45) is 0 Å². The van der Waals surface area contributed by atoms with Gasteiger partial charge in [0.2, 0.25) is 0 Å². The van der Waals surface area contributed by atoms with Crippen molar-refractivity contribution in [1.29, 1.82) is 0 Å². The van der Waals surface area contributed by atoms with Crippen molar-refractivity contribution in [3.63, 3.8) is 0 Å². The number of rotatable bonds is 6. The van der Waals surface area contributed by atoms with E-state index >= 15 is 0 Å². The average Bonchev–Trinajstić information content (AvgIpc) is 2.74. The molecule has 4 rings (SSSR count). The quantitative estimate of drug-likeness (QED) is 0.427. The van der Waals surface area contributed by atoms with Crippen LogP contribution >= 0.6 is 0 Å². The number of benzene rings is 3. The van der Waals surface area contributed by atoms with Crippen LogP contribution in [0.4, 0.5) is 0 Å². The van der Waals surface area contributed by atoms with E-state index in [9.17, 15) is 4.79 Å². The second kappa shape index (κ2) is 7.96. The van der Waals surface area contributed by atoms with E-state index in [1.165, 1.54) is 11.1 Å². The third-order valence-electron chi connectivity index (χ3n) is 4.91. The molecule has 0 saturated heterocycles. The molecular weight excluding hydrogens is 330 g/mol. The maximum Gasteiger partial charge on any atom is 0.120 e. The van der Waals surface area contributed by atoms with Crippen LogP contribution in [0.1, 0.15) is 34.7 Å². The molecule has 27 heavy (non-hydrogen) atoms. The maximum atomic E-state index is 11.0. The first-order valence-corrected chi connectivity index (χ1v) is 9.29. The fourth-order valence-corrected chi connectivity index (χ4v) is 3.64. The van der Waals surface area contributed by atoms with E-state index in [1.807, 2.05) is 24.3 Å². The Kier molecular flexibility index (Phi) is 5.06. The molecule has 4 aromatic rings. The largest absolute Gasteiger partial charge is 0.303 e. The van der Waals surface area contributed by atoms with E-state index in [-0.39, 0.29) is 5.92 Å². The molecule has 0 unspecified atom stereocenters. The van der Waals surface area contributed by atoms with E-state index < -0.39 is 0 Å². The highest BCUT2D eigenvalue weighted by Crippen LogP contribution is 2.34. The normalized spacial score (nSPS) is 11.0. The summed E-state index contributed by atoms with van der Waals surface area (Å²) >= 11 is 0. The van der Waals surface area contributed by atoms with Crippen LogP contribution in [0.5, 0.6) is 0 Å². The van der Waals surface area contributed by atoms with Crippen molar-refractivity contribution < 1.29 is 4.79 Å². The molecule has 0 radical (unpaired) electrons. The second-order valence-corrected chi connectivity index (χ2v) is 6.69. The van der Waals surface area contributed by atoms with Gasteiger partial charge in [-0.3, -0.25) is 4.98 Å². The van der Waals surface area contributed by atoms with Crippen LogP contribution < -0.4 is 0 Å². The van der Waals surface area contributed by atoms with Crippen LogP contribution in [0, 0.1) is 0 Å². The van der Waals surface area contributed by atoms with Gasteiger partial charge in [0.1, 0.15) is 6.29 Å². The van der Waals surface area contributed by atoms with Crippen molar-refractivity contribution in [3.8, 4) is 0 Å². The van der Waals surface area contributed by atoms with E-state index in [1.54, 1.807) is 0 Å². The molecule has 0 bridgehead atoms. The van der Waals surface area contributed by atoms with Gasteiger partial charge in [-0.05, 0) is 35.2 Å². The van der Waals surface area contributed by atoms with Gasteiger partial charge < -0.3 is 4.79 Å². The van der Waals surface area contributed by atoms with Gasteiger partial charge in [-0.15, -0.1) is 0 Å². The van der Waals surface area contributed by atoms with Gasteiger partial charge in [-0.25, -0.2) is 0 Å². The average molecular weight is 351 g/mol. The zero-order chi connectivity index (χ0) is 18.5. The van der Waals surface area contributed by atoms with Gasteiger partial charge >= 0.3 is 0 Å². The lowest BCUT2D eigenvalue weighted by Crippen LogP contribution is -2.10. The summed E-state index contributed by atoms with van der Waals surface area (Å²) in [6.45, 7) is 0. The highest BCUT2D eigenvalue weighted by Gasteiger charge is 2.21. The maximum absolute atomic E-state index is 11.0. The molecular formula is C25H21NO. The lowest BCUT2D eigenvalue weighted by molar-refractivity contribution is -0.107. The van der Waals surface area contributed by atoms with Gasteiger partial charge in [-0.2, -0.15) is 0 Å². The highest BCUT2D eigenvalue weighted by molar-refractivity contribution is 5.80. The molecule has 1 heterocycles. The Morgan fingerprint density at radius 2 is 1.37 bits per heavy atom. The summed E-state index contributed by atoms with van der Waals surface area (Å²) in [5.41, 5.74) is 5.57. The number of hydrogen-bond acceptors (Lipinski definition) is 2. The number of pyridine rings is 1. The highest BCUT2D eigenvalue weighted by atomic mass is 16.1. The molecule has 3 aromatic carbocycles. The van der Waals surface area contributed by atoms with Gasteiger partial charge in [0.25, 0.3) is 0 Å². The molecule has 2 heteroatoms. The summed E-state index contributed by atoms with van der Waals surface area (Å²) in [5.74, 6) is 0.0404. The van der Waals surface area contributed by atoms with Crippen LogP contribution in [-0.4, -0.2) is 11.3 Å². The van der Waals surface area contributed by atoms with Crippen molar-refractivity contribution in [1.82, 2.24) is 4.98 Å². The fourth-order valence-electron chi connectivity index (χ4n) is 3.64. The van der Waals surface area contributed by atoms with Crippen LogP contribution in [0.25, 0.3) is 10.9 Å². The Morgan fingerprint density at radius 3 is 2.00 bits per heavy atom. The first-order valence-electron chi connectivity index (χ1n) is 9.29. The lowest BCUT2D eigenvalue weighted by Gasteiger charge is -2.21.